The summed E-state index contributed by atoms with van der Waals surface area (Å²) in [7, 11) is 1.46. The summed E-state index contributed by atoms with van der Waals surface area (Å²) in [6.07, 6.45) is -1.70. The largest absolute Gasteiger partial charge is 0.497 e. The lowest BCUT2D eigenvalue weighted by Crippen LogP contribution is -2.27. The van der Waals surface area contributed by atoms with Gasteiger partial charge < -0.3 is 9.84 Å². The number of aliphatic hydroxyl groups is 1. The van der Waals surface area contributed by atoms with Gasteiger partial charge in [0.15, 0.2) is 0 Å². The molecule has 0 aliphatic carbocycles. The highest BCUT2D eigenvalue weighted by Crippen LogP contribution is 2.32. The first-order chi connectivity index (χ1) is 6.48. The fraction of sp³-hybridized carbons (Fsp3) is 0.400. The molecular formula is C10H12F2O2. The van der Waals surface area contributed by atoms with E-state index in [-0.39, 0.29) is 5.56 Å². The van der Waals surface area contributed by atoms with E-state index in [1.54, 1.807) is 0 Å². The van der Waals surface area contributed by atoms with Crippen LogP contribution in [0.4, 0.5) is 8.78 Å². The molecule has 0 radical (unpaired) electrons. The molecule has 1 rings (SSSR count). The van der Waals surface area contributed by atoms with Gasteiger partial charge in [0.1, 0.15) is 11.9 Å². The molecule has 0 aromatic heterocycles. The van der Waals surface area contributed by atoms with Crippen LogP contribution >= 0.6 is 0 Å². The van der Waals surface area contributed by atoms with E-state index >= 15 is 0 Å². The van der Waals surface area contributed by atoms with Gasteiger partial charge in [0.25, 0.3) is 5.92 Å². The van der Waals surface area contributed by atoms with Gasteiger partial charge in [0.05, 0.1) is 7.11 Å². The number of alkyl halides is 2. The molecule has 0 aliphatic rings. The molecule has 0 aliphatic heterocycles. The van der Waals surface area contributed by atoms with E-state index in [1.165, 1.54) is 31.4 Å². The van der Waals surface area contributed by atoms with E-state index in [2.05, 4.69) is 0 Å². The summed E-state index contributed by atoms with van der Waals surface area (Å²) in [5.41, 5.74) is -0.215. The van der Waals surface area contributed by atoms with Crippen molar-refractivity contribution < 1.29 is 18.6 Å². The fourth-order valence-corrected chi connectivity index (χ4v) is 1.05. The molecule has 0 amide bonds. The first-order valence-electron chi connectivity index (χ1n) is 4.19. The van der Waals surface area contributed by atoms with Gasteiger partial charge in [-0.25, -0.2) is 0 Å². The molecule has 1 N–H and O–H groups in total. The van der Waals surface area contributed by atoms with Crippen LogP contribution in [0.2, 0.25) is 0 Å². The Labute approximate surface area is 81.1 Å². The predicted molar refractivity (Wildman–Crippen MR) is 48.6 cm³/mol. The number of methoxy groups -OCH3 is 1. The van der Waals surface area contributed by atoms with Gasteiger partial charge in [-0.2, -0.15) is 8.78 Å². The maximum Gasteiger partial charge on any atom is 0.298 e. The second-order valence-electron chi connectivity index (χ2n) is 3.03. The Morgan fingerprint density at radius 2 is 1.79 bits per heavy atom. The molecule has 14 heavy (non-hydrogen) atoms. The minimum Gasteiger partial charge on any atom is -0.497 e. The standard InChI is InChI=1S/C10H12F2O2/c1-7(13)10(11,12)8-3-5-9(14-2)6-4-8/h3-7,13H,1-2H3. The molecule has 0 bridgehead atoms. The number of aliphatic hydroxyl groups excluding tert-OH is 1. The molecule has 0 fully saturated rings. The van der Waals surface area contributed by atoms with Crippen molar-refractivity contribution in [2.75, 3.05) is 7.11 Å². The van der Waals surface area contributed by atoms with Crippen molar-refractivity contribution in [2.45, 2.75) is 19.0 Å². The van der Waals surface area contributed by atoms with Gasteiger partial charge in [-0.15, -0.1) is 0 Å². The minimum absolute atomic E-state index is 0.215. The van der Waals surface area contributed by atoms with Gasteiger partial charge in [0, 0.05) is 5.56 Å². The highest BCUT2D eigenvalue weighted by molar-refractivity contribution is 5.30. The highest BCUT2D eigenvalue weighted by Gasteiger charge is 2.37. The zero-order valence-corrected chi connectivity index (χ0v) is 8.00. The topological polar surface area (TPSA) is 29.5 Å². The van der Waals surface area contributed by atoms with Crippen molar-refractivity contribution >= 4 is 0 Å². The number of halogens is 2. The van der Waals surface area contributed by atoms with Crippen LogP contribution in [0.15, 0.2) is 24.3 Å². The number of benzene rings is 1. The summed E-state index contributed by atoms with van der Waals surface area (Å²) in [6, 6.07) is 5.36. The van der Waals surface area contributed by atoms with Crippen molar-refractivity contribution in [3.05, 3.63) is 29.8 Å². The van der Waals surface area contributed by atoms with Crippen molar-refractivity contribution in [3.63, 3.8) is 0 Å². The van der Waals surface area contributed by atoms with Crippen molar-refractivity contribution in [1.82, 2.24) is 0 Å². The molecule has 4 heteroatoms. The maximum atomic E-state index is 13.2. The average molecular weight is 202 g/mol. The minimum atomic E-state index is -3.22. The van der Waals surface area contributed by atoms with Gasteiger partial charge in [-0.3, -0.25) is 0 Å². The van der Waals surface area contributed by atoms with Crippen LogP contribution < -0.4 is 4.74 Å². The number of hydrogen-bond acceptors (Lipinski definition) is 2. The quantitative estimate of drug-likeness (QED) is 0.813. The Morgan fingerprint density at radius 1 is 1.29 bits per heavy atom. The maximum absolute atomic E-state index is 13.2. The average Bonchev–Trinajstić information content (AvgIpc) is 2.17. The number of rotatable bonds is 3. The summed E-state index contributed by atoms with van der Waals surface area (Å²) in [5, 5.41) is 8.88. The first kappa shape index (κ1) is 10.9. The number of ether oxygens (including phenoxy) is 1. The Kier molecular flexibility index (Phi) is 3.06. The van der Waals surface area contributed by atoms with E-state index in [1.807, 2.05) is 0 Å². The molecule has 1 unspecified atom stereocenters. The molecule has 0 saturated carbocycles. The third kappa shape index (κ3) is 2.01. The highest BCUT2D eigenvalue weighted by atomic mass is 19.3. The van der Waals surface area contributed by atoms with Gasteiger partial charge in [-0.1, -0.05) is 0 Å². The predicted octanol–water partition coefficient (Wildman–Crippen LogP) is 2.17. The van der Waals surface area contributed by atoms with Crippen molar-refractivity contribution in [1.29, 1.82) is 0 Å². The van der Waals surface area contributed by atoms with Gasteiger partial charge in [0.2, 0.25) is 0 Å². The van der Waals surface area contributed by atoms with Crippen LogP contribution in [-0.4, -0.2) is 18.3 Å². The Morgan fingerprint density at radius 3 is 2.14 bits per heavy atom. The second-order valence-corrected chi connectivity index (χ2v) is 3.03. The smallest absolute Gasteiger partial charge is 0.298 e. The second kappa shape index (κ2) is 3.92. The Bertz CT molecular complexity index is 293. The van der Waals surface area contributed by atoms with Crippen molar-refractivity contribution in [3.8, 4) is 5.75 Å². The van der Waals surface area contributed by atoms with Crippen LogP contribution in [0.25, 0.3) is 0 Å². The lowest BCUT2D eigenvalue weighted by molar-refractivity contribution is -0.106. The summed E-state index contributed by atoms with van der Waals surface area (Å²) >= 11 is 0. The van der Waals surface area contributed by atoms with Crippen LogP contribution in [0.5, 0.6) is 5.75 Å². The molecule has 1 atom stereocenters. The molecule has 0 heterocycles. The third-order valence-corrected chi connectivity index (χ3v) is 2.00. The molecule has 1 aromatic carbocycles. The molecular weight excluding hydrogens is 190 g/mol. The van der Waals surface area contributed by atoms with Crippen LogP contribution in [0.1, 0.15) is 12.5 Å². The summed E-state index contributed by atoms with van der Waals surface area (Å²) in [5.74, 6) is -2.71. The van der Waals surface area contributed by atoms with Crippen LogP contribution in [0.3, 0.4) is 0 Å². The summed E-state index contributed by atoms with van der Waals surface area (Å²) in [6.45, 7) is 1.06. The van der Waals surface area contributed by atoms with Gasteiger partial charge >= 0.3 is 0 Å². The lowest BCUT2D eigenvalue weighted by atomic mass is 10.0. The Balaban J connectivity index is 2.97. The first-order valence-corrected chi connectivity index (χ1v) is 4.19. The van der Waals surface area contributed by atoms with E-state index in [4.69, 9.17) is 9.84 Å². The van der Waals surface area contributed by atoms with Crippen LogP contribution in [0, 0.1) is 0 Å². The van der Waals surface area contributed by atoms with Crippen molar-refractivity contribution in [2.24, 2.45) is 0 Å². The zero-order valence-electron chi connectivity index (χ0n) is 8.00. The summed E-state index contributed by atoms with van der Waals surface area (Å²) in [4.78, 5) is 0. The van der Waals surface area contributed by atoms with Crippen LogP contribution in [-0.2, 0) is 5.92 Å². The summed E-state index contributed by atoms with van der Waals surface area (Å²) < 4.78 is 31.3. The SMILES string of the molecule is COc1ccc(C(F)(F)C(C)O)cc1. The molecule has 78 valence electrons. The van der Waals surface area contributed by atoms with E-state index in [0.29, 0.717) is 5.75 Å². The van der Waals surface area contributed by atoms with E-state index in [9.17, 15) is 8.78 Å². The zero-order chi connectivity index (χ0) is 10.8. The monoisotopic (exact) mass is 202 g/mol. The van der Waals surface area contributed by atoms with Gasteiger partial charge in [-0.05, 0) is 31.2 Å². The normalized spacial score (nSPS) is 13.8. The third-order valence-electron chi connectivity index (χ3n) is 2.00. The van der Waals surface area contributed by atoms with E-state index in [0.717, 1.165) is 6.92 Å². The molecule has 0 saturated heterocycles. The molecule has 0 spiro atoms. The van der Waals surface area contributed by atoms with E-state index < -0.39 is 12.0 Å². The molecule has 1 aromatic rings. The molecule has 2 nitrogen and oxygen atoms in total. The lowest BCUT2D eigenvalue weighted by Gasteiger charge is -2.19. The Hall–Kier alpha value is -1.16. The fourth-order valence-electron chi connectivity index (χ4n) is 1.05. The number of hydrogen-bond donors (Lipinski definition) is 1.